The lowest BCUT2D eigenvalue weighted by molar-refractivity contribution is 0.104. The summed E-state index contributed by atoms with van der Waals surface area (Å²) in [4.78, 5) is 13.3. The molecule has 0 aliphatic carbocycles. The van der Waals surface area contributed by atoms with E-state index in [4.69, 9.17) is 26.8 Å². The summed E-state index contributed by atoms with van der Waals surface area (Å²) in [5, 5.41) is 3.83. The van der Waals surface area contributed by atoms with Gasteiger partial charge in [-0.25, -0.2) is 8.42 Å². The zero-order valence-electron chi connectivity index (χ0n) is 18.7. The molecule has 0 unspecified atom stereocenters. The van der Waals surface area contributed by atoms with Crippen LogP contribution in [0.5, 0.6) is 11.5 Å². The van der Waals surface area contributed by atoms with Crippen LogP contribution in [0, 0.1) is 0 Å². The number of carbonyl (C=O) groups excluding carboxylic acids is 1. The summed E-state index contributed by atoms with van der Waals surface area (Å²) in [6.07, 6.45) is 0. The Hall–Kier alpha value is -3.53. The van der Waals surface area contributed by atoms with Crippen LogP contribution in [0.25, 0.3) is 0 Å². The highest BCUT2D eigenvalue weighted by Crippen LogP contribution is 2.44. The Morgan fingerprint density at radius 2 is 1.60 bits per heavy atom. The summed E-state index contributed by atoms with van der Waals surface area (Å²) in [6.45, 7) is 0. The Labute approximate surface area is 212 Å². The van der Waals surface area contributed by atoms with Crippen molar-refractivity contribution in [3.05, 3.63) is 88.3 Å². The molecule has 0 saturated heterocycles. The average molecular weight is 529 g/mol. The zero-order chi connectivity index (χ0) is 25.2. The van der Waals surface area contributed by atoms with E-state index in [9.17, 15) is 13.2 Å². The molecule has 0 aliphatic rings. The van der Waals surface area contributed by atoms with Crippen molar-refractivity contribution in [2.24, 2.45) is 0 Å². The van der Waals surface area contributed by atoms with Crippen LogP contribution in [-0.2, 0) is 9.84 Å². The van der Waals surface area contributed by atoms with Gasteiger partial charge in [0.05, 0.1) is 24.8 Å². The van der Waals surface area contributed by atoms with Gasteiger partial charge in [0.25, 0.3) is 0 Å². The lowest BCUT2D eigenvalue weighted by Crippen LogP contribution is -2.08. The van der Waals surface area contributed by atoms with E-state index in [2.05, 4.69) is 5.32 Å². The zero-order valence-corrected chi connectivity index (χ0v) is 21.1. The predicted molar refractivity (Wildman–Crippen MR) is 138 cm³/mol. The molecule has 0 bridgehead atoms. The molecule has 7 nitrogen and oxygen atoms in total. The number of halogens is 1. The first-order valence-electron chi connectivity index (χ1n) is 10.3. The monoisotopic (exact) mass is 528 g/mol. The van der Waals surface area contributed by atoms with Crippen LogP contribution in [0.1, 0.15) is 15.2 Å². The summed E-state index contributed by atoms with van der Waals surface area (Å²) < 4.78 is 37.7. The molecule has 10 heteroatoms. The second kappa shape index (κ2) is 9.99. The molecule has 35 heavy (non-hydrogen) atoms. The number of anilines is 3. The lowest BCUT2D eigenvalue weighted by atomic mass is 10.1. The van der Waals surface area contributed by atoms with Crippen molar-refractivity contribution in [3.63, 3.8) is 0 Å². The molecule has 0 spiro atoms. The summed E-state index contributed by atoms with van der Waals surface area (Å²) in [5.74, 6) is 0.592. The molecule has 3 N–H and O–H groups in total. The molecule has 0 fully saturated rings. The van der Waals surface area contributed by atoms with Gasteiger partial charge in [0.15, 0.2) is 0 Å². The van der Waals surface area contributed by atoms with Gasteiger partial charge < -0.3 is 20.5 Å². The SMILES string of the molecule is COc1ccc(S(=O)(=O)c2c(Nc3ccc(Cl)cc3)sc(C(=O)c3cccc(OC)c3)c2N)cc1. The van der Waals surface area contributed by atoms with E-state index >= 15 is 0 Å². The molecule has 0 aliphatic heterocycles. The number of ketones is 1. The molecular formula is C25H21ClN2O5S2. The Morgan fingerprint density at radius 1 is 0.943 bits per heavy atom. The summed E-state index contributed by atoms with van der Waals surface area (Å²) >= 11 is 6.95. The van der Waals surface area contributed by atoms with Gasteiger partial charge in [-0.2, -0.15) is 0 Å². The van der Waals surface area contributed by atoms with Crippen LogP contribution < -0.4 is 20.5 Å². The van der Waals surface area contributed by atoms with Crippen LogP contribution in [0.4, 0.5) is 16.4 Å². The minimum Gasteiger partial charge on any atom is -0.497 e. The normalized spacial score (nSPS) is 11.2. The number of nitrogens with one attached hydrogen (secondary N) is 1. The van der Waals surface area contributed by atoms with Gasteiger partial charge in [0, 0.05) is 16.3 Å². The average Bonchev–Trinajstić information content (AvgIpc) is 3.21. The molecule has 4 rings (SSSR count). The fourth-order valence-electron chi connectivity index (χ4n) is 3.38. The number of hydrogen-bond donors (Lipinski definition) is 2. The molecule has 3 aromatic carbocycles. The first kappa shape index (κ1) is 24.6. The second-order valence-electron chi connectivity index (χ2n) is 7.38. The maximum Gasteiger partial charge on any atom is 0.211 e. The predicted octanol–water partition coefficient (Wildman–Crippen LogP) is 5.81. The quantitative estimate of drug-likeness (QED) is 0.278. The van der Waals surface area contributed by atoms with Crippen molar-refractivity contribution in [2.45, 2.75) is 9.79 Å². The fraction of sp³-hybridized carbons (Fsp3) is 0.0800. The fourth-order valence-corrected chi connectivity index (χ4v) is 6.44. The highest BCUT2D eigenvalue weighted by molar-refractivity contribution is 7.92. The number of methoxy groups -OCH3 is 2. The van der Waals surface area contributed by atoms with Gasteiger partial charge in [-0.05, 0) is 60.7 Å². The largest absolute Gasteiger partial charge is 0.497 e. The Bertz CT molecular complexity index is 1480. The lowest BCUT2D eigenvalue weighted by Gasteiger charge is -2.10. The van der Waals surface area contributed by atoms with E-state index in [1.165, 1.54) is 26.4 Å². The highest BCUT2D eigenvalue weighted by Gasteiger charge is 2.32. The summed E-state index contributed by atoms with van der Waals surface area (Å²) in [7, 11) is -1.11. The van der Waals surface area contributed by atoms with Gasteiger partial charge in [-0.1, -0.05) is 23.7 Å². The van der Waals surface area contributed by atoms with E-state index in [1.807, 2.05) is 0 Å². The van der Waals surface area contributed by atoms with Crippen molar-refractivity contribution in [1.82, 2.24) is 0 Å². The van der Waals surface area contributed by atoms with Gasteiger partial charge in [-0.3, -0.25) is 4.79 Å². The maximum absolute atomic E-state index is 13.7. The number of carbonyl (C=O) groups is 1. The standard InChI is InChI=1S/C25H21ClN2O5S2/c1-32-18-10-12-20(13-11-18)35(30,31)24-21(27)23(22(29)15-4-3-5-19(14-15)33-2)34-25(24)28-17-8-6-16(26)7-9-17/h3-14,28H,27H2,1-2H3. The third kappa shape index (κ3) is 4.97. The van der Waals surface area contributed by atoms with Crippen LogP contribution >= 0.6 is 22.9 Å². The van der Waals surface area contributed by atoms with E-state index in [1.54, 1.807) is 60.7 Å². The summed E-state index contributed by atoms with van der Waals surface area (Å²) in [6, 6.07) is 19.3. The number of rotatable bonds is 8. The third-order valence-electron chi connectivity index (χ3n) is 5.18. The van der Waals surface area contributed by atoms with E-state index in [0.717, 1.165) is 11.3 Å². The number of ether oxygens (including phenoxy) is 2. The van der Waals surface area contributed by atoms with Crippen LogP contribution in [0.2, 0.25) is 5.02 Å². The minimum absolute atomic E-state index is 0.0161. The maximum atomic E-state index is 13.7. The smallest absolute Gasteiger partial charge is 0.211 e. The van der Waals surface area contributed by atoms with Crippen LogP contribution in [-0.4, -0.2) is 28.4 Å². The van der Waals surface area contributed by atoms with Crippen LogP contribution in [0.3, 0.4) is 0 Å². The first-order chi connectivity index (χ1) is 16.7. The van der Waals surface area contributed by atoms with E-state index < -0.39 is 15.6 Å². The van der Waals surface area contributed by atoms with Gasteiger partial charge in [-0.15, -0.1) is 11.3 Å². The topological polar surface area (TPSA) is 108 Å². The Balaban J connectivity index is 1.86. The minimum atomic E-state index is -4.10. The van der Waals surface area contributed by atoms with E-state index in [0.29, 0.717) is 27.8 Å². The third-order valence-corrected chi connectivity index (χ3v) is 8.53. The number of hydrogen-bond acceptors (Lipinski definition) is 8. The van der Waals surface area contributed by atoms with Crippen molar-refractivity contribution in [2.75, 3.05) is 25.3 Å². The molecule has 0 amide bonds. The number of nitrogen functional groups attached to an aromatic ring is 1. The number of nitrogens with two attached hydrogens (primary N) is 1. The molecule has 1 heterocycles. The second-order valence-corrected chi connectivity index (χ2v) is 10.7. The Kier molecular flexibility index (Phi) is 7.02. The van der Waals surface area contributed by atoms with Crippen molar-refractivity contribution < 1.29 is 22.7 Å². The highest BCUT2D eigenvalue weighted by atomic mass is 35.5. The molecule has 1 aromatic heterocycles. The molecule has 0 saturated carbocycles. The van der Waals surface area contributed by atoms with Gasteiger partial charge in [0.2, 0.25) is 15.6 Å². The molecular weight excluding hydrogens is 508 g/mol. The molecule has 4 aromatic rings. The van der Waals surface area contributed by atoms with Gasteiger partial charge >= 0.3 is 0 Å². The Morgan fingerprint density at radius 3 is 2.23 bits per heavy atom. The van der Waals surface area contributed by atoms with Crippen molar-refractivity contribution in [3.8, 4) is 11.5 Å². The molecule has 180 valence electrons. The number of sulfone groups is 1. The van der Waals surface area contributed by atoms with Crippen LogP contribution in [0.15, 0.2) is 82.6 Å². The molecule has 0 radical (unpaired) electrons. The van der Waals surface area contributed by atoms with Crippen molar-refractivity contribution >= 4 is 54.9 Å². The van der Waals surface area contributed by atoms with E-state index in [-0.39, 0.29) is 25.4 Å². The van der Waals surface area contributed by atoms with Crippen molar-refractivity contribution in [1.29, 1.82) is 0 Å². The molecule has 0 atom stereocenters. The van der Waals surface area contributed by atoms with Gasteiger partial charge in [0.1, 0.15) is 26.3 Å². The first-order valence-corrected chi connectivity index (χ1v) is 12.9. The number of benzene rings is 3. The number of thiophene rings is 1. The summed E-state index contributed by atoms with van der Waals surface area (Å²) in [5.41, 5.74) is 7.14.